The number of hydrogen-bond donors (Lipinski definition) is 2. The van der Waals surface area contributed by atoms with Crippen LogP contribution in [0.25, 0.3) is 11.4 Å². The highest BCUT2D eigenvalue weighted by molar-refractivity contribution is 5.87. The Hall–Kier alpha value is -2.77. The van der Waals surface area contributed by atoms with Crippen LogP contribution in [0.15, 0.2) is 24.3 Å². The molecule has 2 aromatic rings. The van der Waals surface area contributed by atoms with Gasteiger partial charge in [-0.25, -0.2) is 0 Å². The van der Waals surface area contributed by atoms with E-state index in [9.17, 15) is 9.59 Å². The molecule has 0 aliphatic carbocycles. The van der Waals surface area contributed by atoms with Gasteiger partial charge in [0.2, 0.25) is 17.6 Å². The predicted molar refractivity (Wildman–Crippen MR) is 84.3 cm³/mol. The van der Waals surface area contributed by atoms with Crippen molar-refractivity contribution in [3.63, 3.8) is 0 Å². The van der Waals surface area contributed by atoms with Crippen LogP contribution in [0.5, 0.6) is 0 Å². The van der Waals surface area contributed by atoms with Gasteiger partial charge in [-0.15, -0.1) is 10.2 Å². The topological polar surface area (TPSA) is 102 Å². The molecule has 1 atom stereocenters. The van der Waals surface area contributed by atoms with E-state index in [4.69, 9.17) is 0 Å². The molecule has 8 nitrogen and oxygen atoms in total. The molecule has 0 aliphatic heterocycles. The van der Waals surface area contributed by atoms with Crippen LogP contribution in [0.4, 0.5) is 0 Å². The third-order valence-corrected chi connectivity index (χ3v) is 3.17. The van der Waals surface area contributed by atoms with Crippen molar-refractivity contribution in [3.05, 3.63) is 29.8 Å². The fourth-order valence-corrected chi connectivity index (χ4v) is 1.94. The number of likely N-dealkylation sites (N-methyl/N-ethyl adjacent to an activating group) is 1. The third kappa shape index (κ3) is 4.60. The molecule has 1 aromatic heterocycles. The normalized spacial score (nSPS) is 11.8. The summed E-state index contributed by atoms with van der Waals surface area (Å²) in [4.78, 5) is 24.7. The lowest BCUT2D eigenvalue weighted by Gasteiger charge is -2.12. The molecular formula is C15H20N6O2. The molecule has 1 heterocycles. The van der Waals surface area contributed by atoms with E-state index in [2.05, 4.69) is 26.0 Å². The molecule has 0 radical (unpaired) electrons. The lowest BCUT2D eigenvalue weighted by Crippen LogP contribution is -2.45. The van der Waals surface area contributed by atoms with Gasteiger partial charge in [-0.2, -0.15) is 4.80 Å². The number of carbonyl (C=O) groups is 2. The summed E-state index contributed by atoms with van der Waals surface area (Å²) >= 11 is 0. The number of carbonyl (C=O) groups excluding carboxylic acids is 2. The summed E-state index contributed by atoms with van der Waals surface area (Å²) in [5.41, 5.74) is 1.97. The van der Waals surface area contributed by atoms with Crippen molar-refractivity contribution in [1.29, 1.82) is 0 Å². The smallest absolute Gasteiger partial charge is 0.244 e. The maximum atomic E-state index is 11.9. The van der Waals surface area contributed by atoms with Gasteiger partial charge in [-0.3, -0.25) is 9.59 Å². The number of tetrazole rings is 1. The van der Waals surface area contributed by atoms with Gasteiger partial charge in [0.25, 0.3) is 0 Å². The van der Waals surface area contributed by atoms with Crippen LogP contribution in [0.2, 0.25) is 0 Å². The molecule has 2 amide bonds. The molecule has 2 rings (SSSR count). The summed E-state index contributed by atoms with van der Waals surface area (Å²) in [6.45, 7) is 5.86. The highest BCUT2D eigenvalue weighted by Gasteiger charge is 2.16. The van der Waals surface area contributed by atoms with E-state index in [1.54, 1.807) is 6.92 Å². The highest BCUT2D eigenvalue weighted by Crippen LogP contribution is 2.13. The van der Waals surface area contributed by atoms with Crippen molar-refractivity contribution in [1.82, 2.24) is 30.8 Å². The largest absolute Gasteiger partial charge is 0.355 e. The molecule has 8 heteroatoms. The van der Waals surface area contributed by atoms with Crippen molar-refractivity contribution >= 4 is 11.8 Å². The number of aryl methyl sites for hydroxylation is 1. The molecule has 1 aromatic carbocycles. The first kappa shape index (κ1) is 16.6. The quantitative estimate of drug-likeness (QED) is 0.797. The Bertz CT molecular complexity index is 680. The molecular weight excluding hydrogens is 296 g/mol. The highest BCUT2D eigenvalue weighted by atomic mass is 16.2. The second-order valence-electron chi connectivity index (χ2n) is 5.19. The Morgan fingerprint density at radius 1 is 1.26 bits per heavy atom. The maximum absolute atomic E-state index is 11.9. The molecule has 0 fully saturated rings. The minimum absolute atomic E-state index is 0.0946. The molecule has 122 valence electrons. The van der Waals surface area contributed by atoms with Gasteiger partial charge in [-0.1, -0.05) is 29.8 Å². The summed E-state index contributed by atoms with van der Waals surface area (Å²) < 4.78 is 0. The predicted octanol–water partition coefficient (Wildman–Crippen LogP) is 0.289. The lowest BCUT2D eigenvalue weighted by molar-refractivity contribution is -0.129. The van der Waals surface area contributed by atoms with Crippen LogP contribution in [0.3, 0.4) is 0 Å². The second kappa shape index (κ2) is 7.48. The minimum atomic E-state index is -0.609. The standard InChI is InChI=1S/C15H20N6O2/c1-4-16-15(23)11(3)17-13(22)9-21-19-14(18-20-21)12-7-5-10(2)6-8-12/h5-8,11H,4,9H2,1-3H3,(H,16,23)(H,17,22). The SMILES string of the molecule is CCNC(=O)C(C)NC(=O)Cn1nnc(-c2ccc(C)cc2)n1. The molecule has 23 heavy (non-hydrogen) atoms. The number of aromatic nitrogens is 4. The zero-order valence-corrected chi connectivity index (χ0v) is 13.4. The Kier molecular flexibility index (Phi) is 5.40. The zero-order chi connectivity index (χ0) is 16.8. The molecule has 0 saturated heterocycles. The molecule has 2 N–H and O–H groups in total. The summed E-state index contributed by atoms with van der Waals surface area (Å²) in [5.74, 6) is -0.126. The Morgan fingerprint density at radius 2 is 1.96 bits per heavy atom. The molecule has 0 saturated carbocycles. The van der Waals surface area contributed by atoms with Crippen molar-refractivity contribution in [2.45, 2.75) is 33.4 Å². The summed E-state index contributed by atoms with van der Waals surface area (Å²) in [6, 6.07) is 7.09. The van der Waals surface area contributed by atoms with Gasteiger partial charge < -0.3 is 10.6 Å². The van der Waals surface area contributed by atoms with E-state index >= 15 is 0 Å². The van der Waals surface area contributed by atoms with Crippen LogP contribution in [-0.4, -0.2) is 44.6 Å². The minimum Gasteiger partial charge on any atom is -0.355 e. The van der Waals surface area contributed by atoms with Crippen LogP contribution in [0, 0.1) is 6.92 Å². The van der Waals surface area contributed by atoms with E-state index in [0.717, 1.165) is 11.1 Å². The first-order valence-electron chi connectivity index (χ1n) is 7.41. The molecule has 1 unspecified atom stereocenters. The first-order chi connectivity index (χ1) is 11.0. The number of amides is 2. The summed E-state index contributed by atoms with van der Waals surface area (Å²) in [5, 5.41) is 17.2. The molecule has 0 spiro atoms. The van der Waals surface area contributed by atoms with Crippen molar-refractivity contribution in [2.24, 2.45) is 0 Å². The number of benzene rings is 1. The molecule has 0 bridgehead atoms. The fraction of sp³-hybridized carbons (Fsp3) is 0.400. The Balaban J connectivity index is 1.95. The van der Waals surface area contributed by atoms with Crippen LogP contribution in [0.1, 0.15) is 19.4 Å². The first-order valence-corrected chi connectivity index (χ1v) is 7.41. The van der Waals surface area contributed by atoms with Crippen LogP contribution >= 0.6 is 0 Å². The summed E-state index contributed by atoms with van der Waals surface area (Å²) in [6.07, 6.45) is 0. The lowest BCUT2D eigenvalue weighted by atomic mass is 10.1. The fourth-order valence-electron chi connectivity index (χ4n) is 1.94. The number of hydrogen-bond acceptors (Lipinski definition) is 5. The van der Waals surface area contributed by atoms with Gasteiger partial charge >= 0.3 is 0 Å². The van der Waals surface area contributed by atoms with E-state index in [1.807, 2.05) is 38.1 Å². The van der Waals surface area contributed by atoms with Gasteiger partial charge in [0.05, 0.1) is 0 Å². The average molecular weight is 316 g/mol. The van der Waals surface area contributed by atoms with Crippen LogP contribution < -0.4 is 10.6 Å². The Morgan fingerprint density at radius 3 is 2.61 bits per heavy atom. The third-order valence-electron chi connectivity index (χ3n) is 3.17. The van der Waals surface area contributed by atoms with E-state index < -0.39 is 6.04 Å². The second-order valence-corrected chi connectivity index (χ2v) is 5.19. The van der Waals surface area contributed by atoms with E-state index in [1.165, 1.54) is 4.80 Å². The van der Waals surface area contributed by atoms with Crippen molar-refractivity contribution in [2.75, 3.05) is 6.54 Å². The zero-order valence-electron chi connectivity index (χ0n) is 13.4. The van der Waals surface area contributed by atoms with Crippen LogP contribution in [-0.2, 0) is 16.1 Å². The van der Waals surface area contributed by atoms with Crippen molar-refractivity contribution in [3.8, 4) is 11.4 Å². The summed E-state index contributed by atoms with van der Waals surface area (Å²) in [7, 11) is 0. The number of nitrogens with one attached hydrogen (secondary N) is 2. The van der Waals surface area contributed by atoms with Gasteiger partial charge in [0.15, 0.2) is 0 Å². The Labute approximate surface area is 134 Å². The van der Waals surface area contributed by atoms with Crippen molar-refractivity contribution < 1.29 is 9.59 Å². The molecule has 0 aliphatic rings. The number of nitrogens with zero attached hydrogens (tertiary/aromatic N) is 4. The van der Waals surface area contributed by atoms with Gasteiger partial charge in [0, 0.05) is 12.1 Å². The van der Waals surface area contributed by atoms with Gasteiger partial charge in [-0.05, 0) is 26.0 Å². The monoisotopic (exact) mass is 316 g/mol. The van der Waals surface area contributed by atoms with Gasteiger partial charge in [0.1, 0.15) is 12.6 Å². The number of rotatable bonds is 6. The van der Waals surface area contributed by atoms with E-state index in [-0.39, 0.29) is 18.4 Å². The van der Waals surface area contributed by atoms with E-state index in [0.29, 0.717) is 12.4 Å². The average Bonchev–Trinajstić information content (AvgIpc) is 2.96. The maximum Gasteiger partial charge on any atom is 0.244 e.